The quantitative estimate of drug-likeness (QED) is 0.700. The molecule has 0 fully saturated rings. The fraction of sp³-hybridized carbons (Fsp3) is 0.800. The van der Waals surface area contributed by atoms with Gasteiger partial charge in [0.25, 0.3) is 0 Å². The highest BCUT2D eigenvalue weighted by molar-refractivity contribution is 4.92. The first kappa shape index (κ1) is 11.5. The smallest absolute Gasteiger partial charge is 0.0669 e. The number of ether oxygens (including phenoxy) is 1. The molecule has 2 nitrogen and oxygen atoms in total. The molecule has 0 aliphatic carbocycles. The predicted molar refractivity (Wildman–Crippen MR) is 53.1 cm³/mol. The molecule has 72 valence electrons. The van der Waals surface area contributed by atoms with Crippen molar-refractivity contribution in [3.8, 4) is 0 Å². The van der Waals surface area contributed by atoms with Gasteiger partial charge in [0.2, 0.25) is 0 Å². The zero-order chi connectivity index (χ0) is 9.78. The van der Waals surface area contributed by atoms with Crippen LogP contribution in [0.2, 0.25) is 0 Å². The summed E-state index contributed by atoms with van der Waals surface area (Å²) in [7, 11) is 1.72. The van der Waals surface area contributed by atoms with Gasteiger partial charge in [-0.1, -0.05) is 27.4 Å². The van der Waals surface area contributed by atoms with Crippen molar-refractivity contribution >= 4 is 0 Å². The Morgan fingerprint density at radius 1 is 1.50 bits per heavy atom. The second-order valence-corrected chi connectivity index (χ2v) is 4.30. The molecule has 1 N–H and O–H groups in total. The molecular formula is C10H21NO. The molecule has 1 atom stereocenters. The molecule has 0 aromatic heterocycles. The van der Waals surface area contributed by atoms with E-state index >= 15 is 0 Å². The molecule has 0 bridgehead atoms. The van der Waals surface area contributed by atoms with Crippen molar-refractivity contribution in [2.24, 2.45) is 5.41 Å². The van der Waals surface area contributed by atoms with Crippen LogP contribution < -0.4 is 5.32 Å². The van der Waals surface area contributed by atoms with Crippen LogP contribution in [0.25, 0.3) is 0 Å². The number of hydrogen-bond acceptors (Lipinski definition) is 2. The van der Waals surface area contributed by atoms with Gasteiger partial charge in [-0.3, -0.25) is 0 Å². The molecule has 0 aromatic rings. The van der Waals surface area contributed by atoms with Gasteiger partial charge in [0.05, 0.1) is 12.6 Å². The van der Waals surface area contributed by atoms with Crippen molar-refractivity contribution in [2.75, 3.05) is 13.7 Å². The second-order valence-electron chi connectivity index (χ2n) is 4.30. The Labute approximate surface area is 76.0 Å². The van der Waals surface area contributed by atoms with Gasteiger partial charge in [-0.15, -0.1) is 0 Å². The van der Waals surface area contributed by atoms with E-state index in [0.717, 1.165) is 12.3 Å². The Hall–Kier alpha value is -0.500. The summed E-state index contributed by atoms with van der Waals surface area (Å²) in [6.45, 7) is 13.1. The molecule has 0 aliphatic heterocycles. The van der Waals surface area contributed by atoms with E-state index in [1.54, 1.807) is 7.11 Å². The Morgan fingerprint density at radius 3 is 2.25 bits per heavy atom. The van der Waals surface area contributed by atoms with Crippen LogP contribution in [0.5, 0.6) is 0 Å². The third-order valence-corrected chi connectivity index (χ3v) is 1.80. The molecule has 1 unspecified atom stereocenters. The summed E-state index contributed by atoms with van der Waals surface area (Å²) in [6.07, 6.45) is 0. The van der Waals surface area contributed by atoms with E-state index in [4.69, 9.17) is 4.74 Å². The summed E-state index contributed by atoms with van der Waals surface area (Å²) in [5, 5.41) is 3.30. The largest absolute Gasteiger partial charge is 0.383 e. The van der Waals surface area contributed by atoms with Gasteiger partial charge in [-0.25, -0.2) is 0 Å². The molecule has 12 heavy (non-hydrogen) atoms. The molecule has 0 spiro atoms. The van der Waals surface area contributed by atoms with Crippen LogP contribution in [-0.4, -0.2) is 19.8 Å². The summed E-state index contributed by atoms with van der Waals surface area (Å²) in [5.74, 6) is 0. The Balaban J connectivity index is 4.13. The van der Waals surface area contributed by atoms with Crippen LogP contribution in [0, 0.1) is 5.41 Å². The standard InChI is InChI=1S/C10H21NO/c1-8(2)11-9(7-12-6)10(3,4)5/h9,11H,1,7H2,2-6H3. The van der Waals surface area contributed by atoms with E-state index in [2.05, 4.69) is 32.7 Å². The summed E-state index contributed by atoms with van der Waals surface area (Å²) >= 11 is 0. The Morgan fingerprint density at radius 2 is 2.00 bits per heavy atom. The van der Waals surface area contributed by atoms with E-state index in [0.29, 0.717) is 6.04 Å². The van der Waals surface area contributed by atoms with Gasteiger partial charge in [0.15, 0.2) is 0 Å². The van der Waals surface area contributed by atoms with Crippen LogP contribution in [0.1, 0.15) is 27.7 Å². The topological polar surface area (TPSA) is 21.3 Å². The first-order valence-electron chi connectivity index (χ1n) is 4.29. The Kier molecular flexibility index (Phi) is 4.32. The summed E-state index contributed by atoms with van der Waals surface area (Å²) in [6, 6.07) is 0.333. The normalized spacial score (nSPS) is 14.1. The average Bonchev–Trinajstić information content (AvgIpc) is 1.83. The molecule has 0 saturated carbocycles. The van der Waals surface area contributed by atoms with Gasteiger partial charge >= 0.3 is 0 Å². The maximum Gasteiger partial charge on any atom is 0.0669 e. The van der Waals surface area contributed by atoms with Crippen LogP contribution in [-0.2, 0) is 4.74 Å². The van der Waals surface area contributed by atoms with Gasteiger partial charge in [-0.2, -0.15) is 0 Å². The lowest BCUT2D eigenvalue weighted by Crippen LogP contribution is -2.42. The van der Waals surface area contributed by atoms with E-state index < -0.39 is 0 Å². The molecule has 0 saturated heterocycles. The third-order valence-electron chi connectivity index (χ3n) is 1.80. The van der Waals surface area contributed by atoms with Crippen molar-refractivity contribution < 1.29 is 4.74 Å². The van der Waals surface area contributed by atoms with E-state index in [9.17, 15) is 0 Å². The van der Waals surface area contributed by atoms with Crippen molar-refractivity contribution in [2.45, 2.75) is 33.7 Å². The molecule has 0 amide bonds. The molecule has 0 aromatic carbocycles. The highest BCUT2D eigenvalue weighted by atomic mass is 16.5. The second kappa shape index (κ2) is 4.51. The minimum absolute atomic E-state index is 0.203. The van der Waals surface area contributed by atoms with Gasteiger partial charge in [0.1, 0.15) is 0 Å². The molecule has 0 aliphatic rings. The third kappa shape index (κ3) is 4.39. The predicted octanol–water partition coefficient (Wildman–Crippen LogP) is 2.17. The van der Waals surface area contributed by atoms with Crippen molar-refractivity contribution in [3.05, 3.63) is 12.3 Å². The number of rotatable bonds is 4. The molecule has 0 radical (unpaired) electrons. The lowest BCUT2D eigenvalue weighted by Gasteiger charge is -2.31. The molecular weight excluding hydrogens is 150 g/mol. The number of nitrogens with one attached hydrogen (secondary N) is 1. The van der Waals surface area contributed by atoms with Gasteiger partial charge in [0, 0.05) is 12.8 Å². The lowest BCUT2D eigenvalue weighted by atomic mass is 9.87. The van der Waals surface area contributed by atoms with Crippen LogP contribution in [0.15, 0.2) is 12.3 Å². The number of hydrogen-bond donors (Lipinski definition) is 1. The van der Waals surface area contributed by atoms with Crippen LogP contribution in [0.3, 0.4) is 0 Å². The molecule has 2 heteroatoms. The summed E-state index contributed by atoms with van der Waals surface area (Å²) < 4.78 is 5.13. The fourth-order valence-corrected chi connectivity index (χ4v) is 0.972. The van der Waals surface area contributed by atoms with Crippen molar-refractivity contribution in [1.82, 2.24) is 5.32 Å². The zero-order valence-corrected chi connectivity index (χ0v) is 8.90. The van der Waals surface area contributed by atoms with Crippen LogP contribution >= 0.6 is 0 Å². The maximum absolute atomic E-state index is 5.13. The minimum Gasteiger partial charge on any atom is -0.383 e. The van der Waals surface area contributed by atoms with Crippen molar-refractivity contribution in [1.29, 1.82) is 0 Å². The number of allylic oxidation sites excluding steroid dienone is 1. The van der Waals surface area contributed by atoms with E-state index in [1.807, 2.05) is 6.92 Å². The SMILES string of the molecule is C=C(C)NC(COC)C(C)(C)C. The van der Waals surface area contributed by atoms with Gasteiger partial charge < -0.3 is 10.1 Å². The average molecular weight is 171 g/mol. The number of methoxy groups -OCH3 is 1. The highest BCUT2D eigenvalue weighted by Gasteiger charge is 2.23. The lowest BCUT2D eigenvalue weighted by molar-refractivity contribution is 0.120. The van der Waals surface area contributed by atoms with Crippen LogP contribution in [0.4, 0.5) is 0 Å². The first-order valence-corrected chi connectivity index (χ1v) is 4.29. The molecule has 0 rings (SSSR count). The van der Waals surface area contributed by atoms with Crippen molar-refractivity contribution in [3.63, 3.8) is 0 Å². The van der Waals surface area contributed by atoms with Gasteiger partial charge in [-0.05, 0) is 12.3 Å². The monoisotopic (exact) mass is 171 g/mol. The molecule has 0 heterocycles. The summed E-state index contributed by atoms with van der Waals surface area (Å²) in [4.78, 5) is 0. The fourth-order valence-electron chi connectivity index (χ4n) is 0.972. The highest BCUT2D eigenvalue weighted by Crippen LogP contribution is 2.19. The minimum atomic E-state index is 0.203. The first-order chi connectivity index (χ1) is 5.38. The summed E-state index contributed by atoms with van der Waals surface area (Å²) in [5.41, 5.74) is 1.20. The van der Waals surface area contributed by atoms with E-state index in [-0.39, 0.29) is 5.41 Å². The van der Waals surface area contributed by atoms with E-state index in [1.165, 1.54) is 0 Å². The Bertz CT molecular complexity index is 146. The maximum atomic E-state index is 5.13. The zero-order valence-electron chi connectivity index (χ0n) is 8.90.